The van der Waals surface area contributed by atoms with Gasteiger partial charge in [0.05, 0.1) is 0 Å². The van der Waals surface area contributed by atoms with E-state index in [4.69, 9.17) is 5.11 Å². The maximum absolute atomic E-state index is 10.7. The van der Waals surface area contributed by atoms with E-state index in [-0.39, 0.29) is 0 Å². The van der Waals surface area contributed by atoms with Crippen molar-refractivity contribution >= 4 is 17.6 Å². The molecule has 1 aromatic carbocycles. The van der Waals surface area contributed by atoms with Gasteiger partial charge in [-0.3, -0.25) is 0 Å². The minimum Gasteiger partial charge on any atom is -0.478 e. The molecule has 0 amide bonds. The first-order valence-electron chi connectivity index (χ1n) is 7.20. The zero-order valence-electron chi connectivity index (χ0n) is 13.3. The zero-order valence-corrected chi connectivity index (χ0v) is 13.3. The summed E-state index contributed by atoms with van der Waals surface area (Å²) in [7, 11) is 0. The highest BCUT2D eigenvalue weighted by Gasteiger charge is 1.99. The first-order chi connectivity index (χ1) is 9.88. The molecule has 0 unspecified atom stereocenters. The molecule has 0 heterocycles. The molecule has 0 saturated heterocycles. The summed E-state index contributed by atoms with van der Waals surface area (Å²) in [6.07, 6.45) is 7.79. The summed E-state index contributed by atoms with van der Waals surface area (Å²) >= 11 is 0. The number of aliphatic carboxylic acids is 1. The Hall–Kier alpha value is -2.09. The van der Waals surface area contributed by atoms with E-state index in [1.807, 2.05) is 31.2 Å². The molecule has 2 heteroatoms. The second-order valence-electron chi connectivity index (χ2n) is 5.60. The molecular formula is C19H24O2. The molecule has 0 atom stereocenters. The zero-order chi connectivity index (χ0) is 15.8. The van der Waals surface area contributed by atoms with E-state index in [0.717, 1.165) is 29.5 Å². The molecule has 0 radical (unpaired) electrons. The van der Waals surface area contributed by atoms with Crippen molar-refractivity contribution in [3.05, 3.63) is 58.7 Å². The maximum Gasteiger partial charge on any atom is 0.328 e. The van der Waals surface area contributed by atoms with Crippen LogP contribution in [-0.2, 0) is 4.79 Å². The highest BCUT2D eigenvalue weighted by molar-refractivity contribution is 5.89. The van der Waals surface area contributed by atoms with E-state index in [1.54, 1.807) is 0 Å². The fraction of sp³-hybridized carbons (Fsp3) is 0.316. The molecule has 0 saturated carbocycles. The average molecular weight is 284 g/mol. The Labute approximate surface area is 127 Å². The van der Waals surface area contributed by atoms with Crippen LogP contribution >= 0.6 is 0 Å². The number of carbonyl (C=O) groups is 1. The molecule has 0 aliphatic rings. The van der Waals surface area contributed by atoms with Gasteiger partial charge in [-0.25, -0.2) is 4.79 Å². The molecule has 2 nitrogen and oxygen atoms in total. The number of hydrogen-bond acceptors (Lipinski definition) is 1. The Morgan fingerprint density at radius 1 is 1.10 bits per heavy atom. The Kier molecular flexibility index (Phi) is 6.67. The Bertz CT molecular complexity index is 568. The van der Waals surface area contributed by atoms with E-state index in [2.05, 4.69) is 32.9 Å². The summed E-state index contributed by atoms with van der Waals surface area (Å²) < 4.78 is 0. The highest BCUT2D eigenvalue weighted by Crippen LogP contribution is 2.17. The third-order valence-electron chi connectivity index (χ3n) is 3.21. The minimum atomic E-state index is -0.911. The van der Waals surface area contributed by atoms with Crippen LogP contribution in [0.25, 0.3) is 11.6 Å². The van der Waals surface area contributed by atoms with Crippen molar-refractivity contribution in [2.75, 3.05) is 0 Å². The molecular weight excluding hydrogens is 260 g/mol. The summed E-state index contributed by atoms with van der Waals surface area (Å²) in [5.41, 5.74) is 5.55. The first-order valence-corrected chi connectivity index (χ1v) is 7.20. The van der Waals surface area contributed by atoms with E-state index in [1.165, 1.54) is 17.2 Å². The quantitative estimate of drug-likeness (QED) is 0.566. The average Bonchev–Trinajstić information content (AvgIpc) is 2.38. The van der Waals surface area contributed by atoms with Crippen LogP contribution in [0.5, 0.6) is 0 Å². The fourth-order valence-electron chi connectivity index (χ4n) is 2.06. The van der Waals surface area contributed by atoms with Crippen molar-refractivity contribution in [3.8, 4) is 0 Å². The van der Waals surface area contributed by atoms with Crippen molar-refractivity contribution in [2.24, 2.45) is 0 Å². The summed E-state index contributed by atoms with van der Waals surface area (Å²) in [5, 5.41) is 8.75. The number of allylic oxidation sites excluding steroid dienone is 4. The van der Waals surface area contributed by atoms with Gasteiger partial charge >= 0.3 is 5.97 Å². The number of carboxylic acid groups (broad SMARTS) is 1. The van der Waals surface area contributed by atoms with Gasteiger partial charge in [0.1, 0.15) is 0 Å². The van der Waals surface area contributed by atoms with E-state index in [0.29, 0.717) is 0 Å². The molecule has 0 fully saturated rings. The monoisotopic (exact) mass is 284 g/mol. The van der Waals surface area contributed by atoms with Crippen LogP contribution < -0.4 is 0 Å². The van der Waals surface area contributed by atoms with Gasteiger partial charge < -0.3 is 5.11 Å². The highest BCUT2D eigenvalue weighted by atomic mass is 16.4. The third kappa shape index (κ3) is 6.75. The van der Waals surface area contributed by atoms with E-state index < -0.39 is 5.97 Å². The Morgan fingerprint density at radius 3 is 2.24 bits per heavy atom. The molecule has 0 aliphatic heterocycles. The van der Waals surface area contributed by atoms with E-state index >= 15 is 0 Å². The fourth-order valence-corrected chi connectivity index (χ4v) is 2.06. The SMILES string of the molecule is CC(C)=CCCC(C)=Cc1ccc(C(C)=CC(=O)O)cc1. The normalized spacial score (nSPS) is 12.2. The summed E-state index contributed by atoms with van der Waals surface area (Å²) in [4.78, 5) is 10.7. The molecule has 1 rings (SSSR count). The Morgan fingerprint density at radius 2 is 1.71 bits per heavy atom. The van der Waals surface area contributed by atoms with Crippen LogP contribution in [0.2, 0.25) is 0 Å². The second kappa shape index (κ2) is 8.25. The molecule has 0 aromatic heterocycles. The number of hydrogen-bond donors (Lipinski definition) is 1. The standard InChI is InChI=1S/C19H24O2/c1-14(2)6-5-7-15(3)12-17-8-10-18(11-9-17)16(4)13-19(20)21/h6,8-13H,5,7H2,1-4H3,(H,20,21). The minimum absolute atomic E-state index is 0.762. The van der Waals surface area contributed by atoms with Crippen LogP contribution in [0.1, 0.15) is 51.7 Å². The van der Waals surface area contributed by atoms with Gasteiger partial charge in [-0.05, 0) is 57.2 Å². The molecule has 0 spiro atoms. The lowest BCUT2D eigenvalue weighted by molar-refractivity contribution is -0.131. The predicted molar refractivity (Wildman–Crippen MR) is 90.0 cm³/mol. The van der Waals surface area contributed by atoms with Gasteiger partial charge in [0.25, 0.3) is 0 Å². The second-order valence-corrected chi connectivity index (χ2v) is 5.60. The van der Waals surface area contributed by atoms with Gasteiger partial charge in [-0.2, -0.15) is 0 Å². The maximum atomic E-state index is 10.7. The molecule has 112 valence electrons. The van der Waals surface area contributed by atoms with Gasteiger partial charge in [0, 0.05) is 6.08 Å². The van der Waals surface area contributed by atoms with Gasteiger partial charge in [-0.15, -0.1) is 0 Å². The lowest BCUT2D eigenvalue weighted by Crippen LogP contribution is -1.90. The third-order valence-corrected chi connectivity index (χ3v) is 3.21. The molecule has 1 aromatic rings. The topological polar surface area (TPSA) is 37.3 Å². The van der Waals surface area contributed by atoms with Crippen molar-refractivity contribution in [3.63, 3.8) is 0 Å². The Balaban J connectivity index is 2.74. The summed E-state index contributed by atoms with van der Waals surface area (Å²) in [6, 6.07) is 7.98. The van der Waals surface area contributed by atoms with Crippen molar-refractivity contribution < 1.29 is 9.90 Å². The van der Waals surface area contributed by atoms with Crippen LogP contribution in [-0.4, -0.2) is 11.1 Å². The molecule has 0 bridgehead atoms. The predicted octanol–water partition coefficient (Wildman–Crippen LogP) is 5.32. The smallest absolute Gasteiger partial charge is 0.328 e. The van der Waals surface area contributed by atoms with Gasteiger partial charge in [-0.1, -0.05) is 47.6 Å². The summed E-state index contributed by atoms with van der Waals surface area (Å²) in [5.74, 6) is -0.911. The van der Waals surface area contributed by atoms with Crippen LogP contribution in [0.4, 0.5) is 0 Å². The van der Waals surface area contributed by atoms with Gasteiger partial charge in [0.15, 0.2) is 0 Å². The number of rotatable bonds is 6. The van der Waals surface area contributed by atoms with Crippen molar-refractivity contribution in [1.82, 2.24) is 0 Å². The van der Waals surface area contributed by atoms with Crippen LogP contribution in [0.15, 0.2) is 47.6 Å². The number of benzene rings is 1. The lowest BCUT2D eigenvalue weighted by atomic mass is 10.0. The van der Waals surface area contributed by atoms with Crippen molar-refractivity contribution in [2.45, 2.75) is 40.5 Å². The largest absolute Gasteiger partial charge is 0.478 e. The first kappa shape index (κ1) is 17.0. The van der Waals surface area contributed by atoms with Crippen LogP contribution in [0.3, 0.4) is 0 Å². The number of carboxylic acids is 1. The molecule has 1 N–H and O–H groups in total. The van der Waals surface area contributed by atoms with Crippen molar-refractivity contribution in [1.29, 1.82) is 0 Å². The molecule has 21 heavy (non-hydrogen) atoms. The lowest BCUT2D eigenvalue weighted by Gasteiger charge is -2.03. The van der Waals surface area contributed by atoms with E-state index in [9.17, 15) is 4.79 Å². The van der Waals surface area contributed by atoms with Crippen LogP contribution in [0, 0.1) is 0 Å². The summed E-state index contributed by atoms with van der Waals surface area (Å²) in [6.45, 7) is 8.18. The molecule has 0 aliphatic carbocycles. The van der Waals surface area contributed by atoms with Gasteiger partial charge in [0.2, 0.25) is 0 Å².